The van der Waals surface area contributed by atoms with Crippen molar-refractivity contribution in [3.05, 3.63) is 48.0 Å². The minimum absolute atomic E-state index is 0.326. The first kappa shape index (κ1) is 22.0. The maximum Gasteiger partial charge on any atom is 0.259 e. The molecule has 1 heterocycles. The zero-order chi connectivity index (χ0) is 21.5. The lowest BCUT2D eigenvalue weighted by atomic mass is 9.89. The molecule has 2 aromatic rings. The summed E-state index contributed by atoms with van der Waals surface area (Å²) in [7, 11) is 1.60. The summed E-state index contributed by atoms with van der Waals surface area (Å²) in [6.45, 7) is 5.44. The number of hydrogen-bond acceptors (Lipinski definition) is 5. The highest BCUT2D eigenvalue weighted by atomic mass is 16.5. The minimum atomic E-state index is -1.10. The molecule has 2 aromatic carbocycles. The van der Waals surface area contributed by atoms with Gasteiger partial charge in [-0.1, -0.05) is 26.7 Å². The molecule has 0 aromatic heterocycles. The van der Waals surface area contributed by atoms with Crippen LogP contribution in [0.15, 0.2) is 42.5 Å². The van der Waals surface area contributed by atoms with Gasteiger partial charge in [-0.2, -0.15) is 0 Å². The van der Waals surface area contributed by atoms with Crippen LogP contribution in [0.1, 0.15) is 51.1 Å². The number of amides is 1. The van der Waals surface area contributed by atoms with E-state index in [4.69, 9.17) is 14.2 Å². The molecule has 1 saturated heterocycles. The summed E-state index contributed by atoms with van der Waals surface area (Å²) in [5, 5.41) is 10.5. The van der Waals surface area contributed by atoms with Crippen molar-refractivity contribution in [1.82, 2.24) is 0 Å². The fourth-order valence-electron chi connectivity index (χ4n) is 3.45. The zero-order valence-corrected chi connectivity index (χ0v) is 18.0. The van der Waals surface area contributed by atoms with Gasteiger partial charge in [0.2, 0.25) is 0 Å². The van der Waals surface area contributed by atoms with Crippen molar-refractivity contribution < 1.29 is 24.1 Å². The highest BCUT2D eigenvalue weighted by Crippen LogP contribution is 2.44. The first-order valence-corrected chi connectivity index (χ1v) is 10.7. The second kappa shape index (κ2) is 10.3. The Morgan fingerprint density at radius 1 is 0.933 bits per heavy atom. The standard InChI is InChI=1S/C24H31NO5/c1-4-6-14-29-19-12-13-20(21(16-19)30-15-7-5-2)22-23(26)24(27)25(22)17-8-10-18(28-3)11-9-17/h8-13,16,22-23,26H,4-7,14-15H2,1-3H3/t22-,23+/m1/s1. The van der Waals surface area contributed by atoms with E-state index in [0.29, 0.717) is 30.4 Å². The van der Waals surface area contributed by atoms with Crippen LogP contribution in [0.4, 0.5) is 5.69 Å². The first-order chi connectivity index (χ1) is 14.6. The van der Waals surface area contributed by atoms with Crippen LogP contribution >= 0.6 is 0 Å². The van der Waals surface area contributed by atoms with Crippen molar-refractivity contribution in [3.8, 4) is 17.2 Å². The van der Waals surface area contributed by atoms with Gasteiger partial charge in [0.1, 0.15) is 23.3 Å². The van der Waals surface area contributed by atoms with Gasteiger partial charge in [-0.3, -0.25) is 9.69 Å². The smallest absolute Gasteiger partial charge is 0.259 e. The van der Waals surface area contributed by atoms with Crippen molar-refractivity contribution in [1.29, 1.82) is 0 Å². The van der Waals surface area contributed by atoms with E-state index in [-0.39, 0.29) is 5.91 Å². The zero-order valence-electron chi connectivity index (χ0n) is 18.0. The Hall–Kier alpha value is -2.73. The molecule has 0 radical (unpaired) electrons. The molecule has 6 nitrogen and oxygen atoms in total. The number of hydrogen-bond donors (Lipinski definition) is 1. The molecule has 0 saturated carbocycles. The van der Waals surface area contributed by atoms with Gasteiger partial charge in [-0.15, -0.1) is 0 Å². The number of aliphatic hydroxyl groups excluding tert-OH is 1. The van der Waals surface area contributed by atoms with E-state index in [1.807, 2.05) is 30.3 Å². The quantitative estimate of drug-likeness (QED) is 0.434. The van der Waals surface area contributed by atoms with Gasteiger partial charge in [0.15, 0.2) is 6.10 Å². The number of β-lactam (4-membered cyclic amide) rings is 1. The molecule has 0 aliphatic carbocycles. The Kier molecular flexibility index (Phi) is 7.57. The summed E-state index contributed by atoms with van der Waals surface area (Å²) in [5.74, 6) is 1.76. The lowest BCUT2D eigenvalue weighted by Crippen LogP contribution is -2.59. The molecular weight excluding hydrogens is 382 g/mol. The van der Waals surface area contributed by atoms with Crippen LogP contribution in [0.3, 0.4) is 0 Å². The molecular formula is C24H31NO5. The summed E-state index contributed by atoms with van der Waals surface area (Å²) < 4.78 is 17.1. The van der Waals surface area contributed by atoms with Crippen molar-refractivity contribution in [2.24, 2.45) is 0 Å². The molecule has 30 heavy (non-hydrogen) atoms. The number of carbonyl (C=O) groups is 1. The molecule has 1 fully saturated rings. The number of aliphatic hydroxyl groups is 1. The van der Waals surface area contributed by atoms with Gasteiger partial charge in [0, 0.05) is 17.3 Å². The van der Waals surface area contributed by atoms with Crippen LogP contribution in [0.5, 0.6) is 17.2 Å². The number of unbranched alkanes of at least 4 members (excludes halogenated alkanes) is 2. The third-order valence-corrected chi connectivity index (χ3v) is 5.24. The lowest BCUT2D eigenvalue weighted by molar-refractivity contribution is -0.137. The highest BCUT2D eigenvalue weighted by molar-refractivity contribution is 6.05. The average Bonchev–Trinajstić information content (AvgIpc) is 2.78. The predicted octanol–water partition coefficient (Wildman–Crippen LogP) is 4.50. The summed E-state index contributed by atoms with van der Waals surface area (Å²) in [5.41, 5.74) is 1.48. The van der Waals surface area contributed by atoms with Gasteiger partial charge in [-0.25, -0.2) is 0 Å². The fourth-order valence-corrected chi connectivity index (χ4v) is 3.45. The van der Waals surface area contributed by atoms with Gasteiger partial charge in [0.25, 0.3) is 5.91 Å². The van der Waals surface area contributed by atoms with E-state index in [2.05, 4.69) is 13.8 Å². The molecule has 1 amide bonds. The molecule has 1 aliphatic rings. The number of nitrogens with zero attached hydrogens (tertiary/aromatic N) is 1. The molecule has 3 rings (SSSR count). The molecule has 0 unspecified atom stereocenters. The molecule has 0 bridgehead atoms. The van der Waals surface area contributed by atoms with Gasteiger partial charge in [-0.05, 0) is 49.2 Å². The van der Waals surface area contributed by atoms with Gasteiger partial charge in [0.05, 0.1) is 20.3 Å². The van der Waals surface area contributed by atoms with E-state index in [1.54, 1.807) is 24.1 Å². The minimum Gasteiger partial charge on any atom is -0.497 e. The summed E-state index contributed by atoms with van der Waals surface area (Å²) in [4.78, 5) is 14.1. The number of anilines is 1. The number of carbonyl (C=O) groups excluding carboxylic acids is 1. The monoisotopic (exact) mass is 413 g/mol. The highest BCUT2D eigenvalue weighted by Gasteiger charge is 2.49. The van der Waals surface area contributed by atoms with Gasteiger partial charge >= 0.3 is 0 Å². The van der Waals surface area contributed by atoms with E-state index < -0.39 is 12.1 Å². The van der Waals surface area contributed by atoms with Crippen LogP contribution in [-0.2, 0) is 4.79 Å². The number of benzene rings is 2. The Balaban J connectivity index is 1.88. The molecule has 2 atom stereocenters. The normalized spacial score (nSPS) is 18.1. The van der Waals surface area contributed by atoms with Crippen LogP contribution in [0.25, 0.3) is 0 Å². The average molecular weight is 414 g/mol. The van der Waals surface area contributed by atoms with Crippen molar-refractivity contribution in [2.45, 2.75) is 51.7 Å². The molecule has 6 heteroatoms. The summed E-state index contributed by atoms with van der Waals surface area (Å²) >= 11 is 0. The van der Waals surface area contributed by atoms with Crippen LogP contribution in [0, 0.1) is 0 Å². The van der Waals surface area contributed by atoms with E-state index >= 15 is 0 Å². The summed E-state index contributed by atoms with van der Waals surface area (Å²) in [6, 6.07) is 12.3. The molecule has 0 spiro atoms. The maximum absolute atomic E-state index is 12.5. The van der Waals surface area contributed by atoms with Crippen molar-refractivity contribution >= 4 is 11.6 Å². The van der Waals surface area contributed by atoms with E-state index in [9.17, 15) is 9.90 Å². The Morgan fingerprint density at radius 3 is 2.20 bits per heavy atom. The maximum atomic E-state index is 12.5. The number of rotatable bonds is 11. The third kappa shape index (κ3) is 4.70. The Bertz CT molecular complexity index is 836. The van der Waals surface area contributed by atoms with Crippen molar-refractivity contribution in [2.75, 3.05) is 25.2 Å². The Morgan fingerprint density at radius 2 is 1.57 bits per heavy atom. The molecule has 162 valence electrons. The van der Waals surface area contributed by atoms with E-state index in [1.165, 1.54) is 0 Å². The summed E-state index contributed by atoms with van der Waals surface area (Å²) in [6.07, 6.45) is 2.88. The van der Waals surface area contributed by atoms with Crippen LogP contribution in [-0.4, -0.2) is 37.4 Å². The lowest BCUT2D eigenvalue weighted by Gasteiger charge is -2.45. The predicted molar refractivity (Wildman–Crippen MR) is 116 cm³/mol. The molecule has 1 N–H and O–H groups in total. The first-order valence-electron chi connectivity index (χ1n) is 10.7. The number of methoxy groups -OCH3 is 1. The molecule has 1 aliphatic heterocycles. The second-order valence-electron chi connectivity index (χ2n) is 7.40. The van der Waals surface area contributed by atoms with Gasteiger partial charge < -0.3 is 19.3 Å². The number of ether oxygens (including phenoxy) is 3. The van der Waals surface area contributed by atoms with E-state index in [0.717, 1.165) is 37.0 Å². The Labute approximate surface area is 178 Å². The second-order valence-corrected chi connectivity index (χ2v) is 7.40. The van der Waals surface area contributed by atoms with Crippen LogP contribution < -0.4 is 19.1 Å². The topological polar surface area (TPSA) is 68.2 Å². The third-order valence-electron chi connectivity index (χ3n) is 5.24. The van der Waals surface area contributed by atoms with Crippen molar-refractivity contribution in [3.63, 3.8) is 0 Å². The SMILES string of the molecule is CCCCOc1ccc([C@@H]2[C@H](O)C(=O)N2c2ccc(OC)cc2)c(OCCCC)c1. The largest absolute Gasteiger partial charge is 0.497 e. The fraction of sp³-hybridized carbons (Fsp3) is 0.458. The van der Waals surface area contributed by atoms with Crippen LogP contribution in [0.2, 0.25) is 0 Å².